The summed E-state index contributed by atoms with van der Waals surface area (Å²) in [7, 11) is 0. The summed E-state index contributed by atoms with van der Waals surface area (Å²) in [6.45, 7) is 0.0891. The number of ketones is 1. The SMILES string of the molecule is O=C(O)c1ccc(F)c2c1C(=O)CCO2. The van der Waals surface area contributed by atoms with Gasteiger partial charge in [0.15, 0.2) is 17.3 Å². The Labute approximate surface area is 84.3 Å². The Morgan fingerprint density at radius 3 is 2.87 bits per heavy atom. The van der Waals surface area contributed by atoms with Crippen LogP contribution < -0.4 is 4.74 Å². The third-order valence-electron chi connectivity index (χ3n) is 2.19. The normalized spacial score (nSPS) is 14.3. The first-order valence-corrected chi connectivity index (χ1v) is 4.33. The van der Waals surface area contributed by atoms with Gasteiger partial charge in [-0.15, -0.1) is 0 Å². The zero-order valence-corrected chi connectivity index (χ0v) is 7.62. The number of halogens is 1. The molecule has 1 aliphatic heterocycles. The quantitative estimate of drug-likeness (QED) is 0.762. The second-order valence-electron chi connectivity index (χ2n) is 3.13. The van der Waals surface area contributed by atoms with Crippen LogP contribution >= 0.6 is 0 Å². The number of carboxylic acid groups (broad SMARTS) is 1. The van der Waals surface area contributed by atoms with Gasteiger partial charge in [-0.25, -0.2) is 9.18 Å². The van der Waals surface area contributed by atoms with E-state index in [9.17, 15) is 14.0 Å². The van der Waals surface area contributed by atoms with Crippen molar-refractivity contribution in [3.05, 3.63) is 29.1 Å². The van der Waals surface area contributed by atoms with Crippen molar-refractivity contribution in [2.24, 2.45) is 0 Å². The zero-order valence-electron chi connectivity index (χ0n) is 7.62. The van der Waals surface area contributed by atoms with Crippen LogP contribution in [0.15, 0.2) is 12.1 Å². The Kier molecular flexibility index (Phi) is 2.15. The van der Waals surface area contributed by atoms with Gasteiger partial charge in [0.1, 0.15) is 0 Å². The number of carboxylic acids is 1. The van der Waals surface area contributed by atoms with E-state index < -0.39 is 17.6 Å². The lowest BCUT2D eigenvalue weighted by molar-refractivity contribution is 0.0687. The van der Waals surface area contributed by atoms with Gasteiger partial charge in [-0.2, -0.15) is 0 Å². The first-order chi connectivity index (χ1) is 7.11. The molecular formula is C10H7FO4. The summed E-state index contributed by atoms with van der Waals surface area (Å²) in [4.78, 5) is 22.3. The molecule has 0 spiro atoms. The highest BCUT2D eigenvalue weighted by molar-refractivity contribution is 6.08. The molecule has 0 unspecified atom stereocenters. The topological polar surface area (TPSA) is 63.6 Å². The number of ether oxygens (including phenoxy) is 1. The number of carbonyl (C=O) groups excluding carboxylic acids is 1. The summed E-state index contributed by atoms with van der Waals surface area (Å²) in [6, 6.07) is 2.06. The summed E-state index contributed by atoms with van der Waals surface area (Å²) >= 11 is 0. The number of benzene rings is 1. The van der Waals surface area contributed by atoms with E-state index in [0.29, 0.717) is 0 Å². The van der Waals surface area contributed by atoms with E-state index in [1.807, 2.05) is 0 Å². The summed E-state index contributed by atoms with van der Waals surface area (Å²) in [5, 5.41) is 8.82. The number of rotatable bonds is 1. The first-order valence-electron chi connectivity index (χ1n) is 4.33. The van der Waals surface area contributed by atoms with Crippen LogP contribution in [0.25, 0.3) is 0 Å². The Morgan fingerprint density at radius 2 is 2.20 bits per heavy atom. The Morgan fingerprint density at radius 1 is 1.47 bits per heavy atom. The molecular weight excluding hydrogens is 203 g/mol. The highest BCUT2D eigenvalue weighted by Gasteiger charge is 2.27. The minimum Gasteiger partial charge on any atom is -0.489 e. The highest BCUT2D eigenvalue weighted by Crippen LogP contribution is 2.30. The summed E-state index contributed by atoms with van der Waals surface area (Å²) < 4.78 is 18.2. The molecule has 1 aliphatic rings. The summed E-state index contributed by atoms with van der Waals surface area (Å²) in [6.07, 6.45) is 0.0801. The fourth-order valence-electron chi connectivity index (χ4n) is 1.52. The second kappa shape index (κ2) is 3.34. The van der Waals surface area contributed by atoms with E-state index in [4.69, 9.17) is 9.84 Å². The molecule has 0 amide bonds. The van der Waals surface area contributed by atoms with Gasteiger partial charge in [0.25, 0.3) is 0 Å². The molecule has 1 aromatic carbocycles. The minimum absolute atomic E-state index is 0.0801. The highest BCUT2D eigenvalue weighted by atomic mass is 19.1. The molecule has 0 bridgehead atoms. The van der Waals surface area contributed by atoms with Gasteiger partial charge in [0.05, 0.1) is 17.7 Å². The Bertz CT molecular complexity index is 453. The molecule has 0 aliphatic carbocycles. The van der Waals surface area contributed by atoms with Crippen LogP contribution in [0.1, 0.15) is 27.1 Å². The Hall–Kier alpha value is -1.91. The molecule has 0 saturated heterocycles. The average molecular weight is 210 g/mol. The molecule has 4 nitrogen and oxygen atoms in total. The summed E-state index contributed by atoms with van der Waals surface area (Å²) in [5.41, 5.74) is -0.371. The third kappa shape index (κ3) is 1.45. The first kappa shape index (κ1) is 9.64. The van der Waals surface area contributed by atoms with Gasteiger partial charge in [0.2, 0.25) is 0 Å². The maximum absolute atomic E-state index is 13.2. The van der Waals surface area contributed by atoms with Crippen LogP contribution in [-0.2, 0) is 0 Å². The number of hydrogen-bond acceptors (Lipinski definition) is 3. The van der Waals surface area contributed by atoms with Gasteiger partial charge < -0.3 is 9.84 Å². The number of aromatic carboxylic acids is 1. The van der Waals surface area contributed by atoms with Crippen LogP contribution in [0, 0.1) is 5.82 Å². The van der Waals surface area contributed by atoms with Crippen molar-refractivity contribution in [2.45, 2.75) is 6.42 Å². The molecule has 5 heteroatoms. The van der Waals surface area contributed by atoms with Gasteiger partial charge in [-0.05, 0) is 12.1 Å². The third-order valence-corrected chi connectivity index (χ3v) is 2.19. The van der Waals surface area contributed by atoms with E-state index >= 15 is 0 Å². The molecule has 0 saturated carbocycles. The molecule has 0 atom stereocenters. The van der Waals surface area contributed by atoms with Crippen molar-refractivity contribution in [1.82, 2.24) is 0 Å². The van der Waals surface area contributed by atoms with E-state index in [1.165, 1.54) is 0 Å². The van der Waals surface area contributed by atoms with Gasteiger partial charge in [0, 0.05) is 6.42 Å². The number of hydrogen-bond donors (Lipinski definition) is 1. The lowest BCUT2D eigenvalue weighted by atomic mass is 9.98. The molecule has 0 aromatic heterocycles. The average Bonchev–Trinajstić information content (AvgIpc) is 2.19. The van der Waals surface area contributed by atoms with Gasteiger partial charge in [-0.1, -0.05) is 0 Å². The van der Waals surface area contributed by atoms with Crippen LogP contribution in [0.3, 0.4) is 0 Å². The number of fused-ring (bicyclic) bond motifs is 1. The molecule has 1 heterocycles. The van der Waals surface area contributed by atoms with Crippen LogP contribution in [0.2, 0.25) is 0 Å². The fourth-order valence-corrected chi connectivity index (χ4v) is 1.52. The standard InChI is InChI=1S/C10H7FO4/c11-6-2-1-5(10(13)14)8-7(12)3-4-15-9(6)8/h1-2H,3-4H2,(H,13,14). The lowest BCUT2D eigenvalue weighted by Gasteiger charge is -2.18. The van der Waals surface area contributed by atoms with Crippen LogP contribution in [-0.4, -0.2) is 23.5 Å². The van der Waals surface area contributed by atoms with Crippen molar-refractivity contribution in [3.8, 4) is 5.75 Å². The van der Waals surface area contributed by atoms with Crippen LogP contribution in [0.4, 0.5) is 4.39 Å². The molecule has 0 fully saturated rings. The number of Topliss-reactive ketones (excluding diaryl/α,β-unsaturated/α-hetero) is 1. The van der Waals surface area contributed by atoms with E-state index in [0.717, 1.165) is 12.1 Å². The monoisotopic (exact) mass is 210 g/mol. The maximum atomic E-state index is 13.2. The predicted octanol–water partition coefficient (Wildman–Crippen LogP) is 1.49. The van der Waals surface area contributed by atoms with E-state index in [2.05, 4.69) is 0 Å². The summed E-state index contributed by atoms with van der Waals surface area (Å²) in [5.74, 6) is -2.60. The molecule has 1 N–H and O–H groups in total. The fraction of sp³-hybridized carbons (Fsp3) is 0.200. The molecule has 0 radical (unpaired) electrons. The van der Waals surface area contributed by atoms with E-state index in [-0.39, 0.29) is 29.9 Å². The number of carbonyl (C=O) groups is 2. The van der Waals surface area contributed by atoms with E-state index in [1.54, 1.807) is 0 Å². The van der Waals surface area contributed by atoms with Gasteiger partial charge in [-0.3, -0.25) is 4.79 Å². The smallest absolute Gasteiger partial charge is 0.336 e. The molecule has 2 rings (SSSR count). The van der Waals surface area contributed by atoms with Gasteiger partial charge >= 0.3 is 5.97 Å². The molecule has 1 aromatic rings. The second-order valence-corrected chi connectivity index (χ2v) is 3.13. The lowest BCUT2D eigenvalue weighted by Crippen LogP contribution is -2.20. The van der Waals surface area contributed by atoms with Crippen molar-refractivity contribution in [2.75, 3.05) is 6.61 Å². The zero-order chi connectivity index (χ0) is 11.0. The minimum atomic E-state index is -1.26. The largest absolute Gasteiger partial charge is 0.489 e. The molecule has 78 valence electrons. The van der Waals surface area contributed by atoms with Crippen molar-refractivity contribution >= 4 is 11.8 Å². The van der Waals surface area contributed by atoms with Crippen molar-refractivity contribution < 1.29 is 23.8 Å². The van der Waals surface area contributed by atoms with Crippen molar-refractivity contribution in [1.29, 1.82) is 0 Å². The maximum Gasteiger partial charge on any atom is 0.336 e. The predicted molar refractivity (Wildman–Crippen MR) is 47.8 cm³/mol. The van der Waals surface area contributed by atoms with Crippen LogP contribution in [0.5, 0.6) is 5.75 Å². The molecule has 15 heavy (non-hydrogen) atoms. The Balaban J connectivity index is 2.70. The van der Waals surface area contributed by atoms with Crippen molar-refractivity contribution in [3.63, 3.8) is 0 Å².